The second kappa shape index (κ2) is 7.80. The van der Waals surface area contributed by atoms with Gasteiger partial charge in [0.2, 0.25) is 0 Å². The number of hydrogen-bond donors (Lipinski definition) is 1. The highest BCUT2D eigenvalue weighted by atomic mass is 32.2. The van der Waals surface area contributed by atoms with Crippen LogP contribution in [0.4, 0.5) is 5.69 Å². The van der Waals surface area contributed by atoms with Gasteiger partial charge in [-0.05, 0) is 29.8 Å². The average molecular weight is 405 g/mol. The zero-order valence-corrected chi connectivity index (χ0v) is 15.8. The minimum Gasteiger partial charge on any atom is -0.452 e. The van der Waals surface area contributed by atoms with E-state index in [0.717, 1.165) is 18.0 Å². The predicted molar refractivity (Wildman–Crippen MR) is 101 cm³/mol. The Balaban J connectivity index is 1.57. The zero-order valence-electron chi connectivity index (χ0n) is 14.2. The van der Waals surface area contributed by atoms with E-state index in [0.29, 0.717) is 22.3 Å². The van der Waals surface area contributed by atoms with E-state index in [4.69, 9.17) is 4.74 Å². The van der Waals surface area contributed by atoms with E-state index >= 15 is 0 Å². The molecular formula is C17H15N3O5S2. The molecule has 0 radical (unpaired) electrons. The van der Waals surface area contributed by atoms with Crippen LogP contribution in [-0.4, -0.2) is 41.9 Å². The predicted octanol–water partition coefficient (Wildman–Crippen LogP) is 2.03. The largest absolute Gasteiger partial charge is 0.452 e. The van der Waals surface area contributed by atoms with Crippen molar-refractivity contribution in [2.75, 3.05) is 18.2 Å². The molecule has 10 heteroatoms. The van der Waals surface area contributed by atoms with Crippen LogP contribution in [0.25, 0.3) is 11.0 Å². The summed E-state index contributed by atoms with van der Waals surface area (Å²) >= 11 is 1.04. The number of sulfone groups is 1. The van der Waals surface area contributed by atoms with Crippen LogP contribution < -0.4 is 5.32 Å². The maximum absolute atomic E-state index is 12.0. The molecule has 0 aliphatic carbocycles. The number of carbonyl (C=O) groups is 2. The Hall–Kier alpha value is -2.85. The molecule has 0 saturated heterocycles. The first-order chi connectivity index (χ1) is 12.8. The number of anilines is 1. The number of rotatable bonds is 6. The van der Waals surface area contributed by atoms with E-state index in [9.17, 15) is 18.0 Å². The maximum Gasteiger partial charge on any atom is 0.338 e. The van der Waals surface area contributed by atoms with E-state index in [-0.39, 0.29) is 11.3 Å². The first kappa shape index (κ1) is 18.9. The number of hydrogen-bond acceptors (Lipinski definition) is 8. The van der Waals surface area contributed by atoms with Gasteiger partial charge in [-0.15, -0.1) is 0 Å². The number of amides is 1. The summed E-state index contributed by atoms with van der Waals surface area (Å²) in [6, 6.07) is 11.2. The highest BCUT2D eigenvalue weighted by molar-refractivity contribution is 7.89. The summed E-state index contributed by atoms with van der Waals surface area (Å²) in [5.41, 5.74) is 2.53. The first-order valence-electron chi connectivity index (χ1n) is 7.77. The van der Waals surface area contributed by atoms with Crippen molar-refractivity contribution in [1.82, 2.24) is 8.75 Å². The molecule has 0 spiro atoms. The van der Waals surface area contributed by atoms with E-state index in [1.54, 1.807) is 18.2 Å². The lowest BCUT2D eigenvalue weighted by Crippen LogP contribution is -2.21. The van der Waals surface area contributed by atoms with Gasteiger partial charge in [-0.1, -0.05) is 18.2 Å². The molecule has 0 unspecified atom stereocenters. The van der Waals surface area contributed by atoms with Gasteiger partial charge in [-0.2, -0.15) is 8.75 Å². The second-order valence-corrected chi connectivity index (χ2v) is 8.50. The fraction of sp³-hybridized carbons (Fsp3) is 0.176. The monoisotopic (exact) mass is 405 g/mol. The standard InChI is InChI=1S/C17H15N3O5S2/c1-27(23,24)10-11-5-7-12(8-6-11)17(22)25-9-15(21)18-13-3-2-4-14-16(13)20-26-19-14/h2-8H,9-10H2,1H3,(H,18,21). The molecule has 27 heavy (non-hydrogen) atoms. The Kier molecular flexibility index (Phi) is 5.47. The zero-order chi connectivity index (χ0) is 19.4. The van der Waals surface area contributed by atoms with Crippen LogP contribution in [-0.2, 0) is 25.1 Å². The topological polar surface area (TPSA) is 115 Å². The summed E-state index contributed by atoms with van der Waals surface area (Å²) in [6.45, 7) is -0.460. The lowest BCUT2D eigenvalue weighted by Gasteiger charge is -2.07. The van der Waals surface area contributed by atoms with Gasteiger partial charge in [-0.25, -0.2) is 13.2 Å². The number of aromatic nitrogens is 2. The van der Waals surface area contributed by atoms with Crippen LogP contribution in [0.15, 0.2) is 42.5 Å². The van der Waals surface area contributed by atoms with E-state index in [1.807, 2.05) is 0 Å². The molecule has 0 saturated carbocycles. The Morgan fingerprint density at radius 1 is 1.11 bits per heavy atom. The van der Waals surface area contributed by atoms with Crippen molar-refractivity contribution in [3.63, 3.8) is 0 Å². The summed E-state index contributed by atoms with van der Waals surface area (Å²) in [7, 11) is -3.15. The smallest absolute Gasteiger partial charge is 0.338 e. The number of ether oxygens (including phenoxy) is 1. The third-order valence-corrected chi connectivity index (χ3v) is 4.91. The Bertz CT molecular complexity index is 1090. The van der Waals surface area contributed by atoms with Crippen molar-refractivity contribution in [3.05, 3.63) is 53.6 Å². The van der Waals surface area contributed by atoms with Crippen LogP contribution in [0.5, 0.6) is 0 Å². The molecule has 1 aromatic heterocycles. The molecule has 8 nitrogen and oxygen atoms in total. The fourth-order valence-corrected chi connectivity index (χ4v) is 3.70. The highest BCUT2D eigenvalue weighted by Crippen LogP contribution is 2.21. The second-order valence-electron chi connectivity index (χ2n) is 5.83. The molecule has 0 atom stereocenters. The molecule has 3 aromatic rings. The SMILES string of the molecule is CS(=O)(=O)Cc1ccc(C(=O)OCC(=O)Nc2cccc3nsnc23)cc1. The molecule has 3 rings (SSSR count). The lowest BCUT2D eigenvalue weighted by molar-refractivity contribution is -0.119. The summed E-state index contributed by atoms with van der Waals surface area (Å²) in [5.74, 6) is -1.29. The lowest BCUT2D eigenvalue weighted by atomic mass is 10.1. The number of benzene rings is 2. The maximum atomic E-state index is 12.0. The third kappa shape index (κ3) is 5.08. The van der Waals surface area contributed by atoms with Gasteiger partial charge >= 0.3 is 5.97 Å². The van der Waals surface area contributed by atoms with Gasteiger partial charge in [0.15, 0.2) is 16.4 Å². The molecule has 0 aliphatic rings. The number of esters is 1. The highest BCUT2D eigenvalue weighted by Gasteiger charge is 2.13. The molecule has 140 valence electrons. The Labute approximate surface area is 159 Å². The molecule has 1 amide bonds. The van der Waals surface area contributed by atoms with Gasteiger partial charge in [-0.3, -0.25) is 4.79 Å². The van der Waals surface area contributed by atoms with Crippen LogP contribution in [0.3, 0.4) is 0 Å². The van der Waals surface area contributed by atoms with Crippen molar-refractivity contribution in [2.24, 2.45) is 0 Å². The van der Waals surface area contributed by atoms with Crippen molar-refractivity contribution >= 4 is 50.2 Å². The van der Waals surface area contributed by atoms with Crippen molar-refractivity contribution in [3.8, 4) is 0 Å². The first-order valence-corrected chi connectivity index (χ1v) is 10.6. The molecular weight excluding hydrogens is 390 g/mol. The summed E-state index contributed by atoms with van der Waals surface area (Å²) in [4.78, 5) is 24.1. The third-order valence-electron chi connectivity index (χ3n) is 3.51. The number of nitrogens with zero attached hydrogens (tertiary/aromatic N) is 2. The molecule has 0 fully saturated rings. The minimum absolute atomic E-state index is 0.109. The Morgan fingerprint density at radius 3 is 2.56 bits per heavy atom. The van der Waals surface area contributed by atoms with Gasteiger partial charge in [0.25, 0.3) is 5.91 Å². The van der Waals surface area contributed by atoms with Gasteiger partial charge in [0.05, 0.1) is 28.7 Å². The molecule has 0 bridgehead atoms. The average Bonchev–Trinajstić information content (AvgIpc) is 3.09. The number of nitrogens with one attached hydrogen (secondary N) is 1. The van der Waals surface area contributed by atoms with Gasteiger partial charge in [0, 0.05) is 6.26 Å². The van der Waals surface area contributed by atoms with Crippen molar-refractivity contribution in [2.45, 2.75) is 5.75 Å². The fourth-order valence-electron chi connectivity index (χ4n) is 2.35. The summed E-state index contributed by atoms with van der Waals surface area (Å²) in [5, 5.41) is 2.63. The van der Waals surface area contributed by atoms with Crippen LogP contribution >= 0.6 is 11.7 Å². The van der Waals surface area contributed by atoms with E-state index in [1.165, 1.54) is 24.3 Å². The van der Waals surface area contributed by atoms with Crippen LogP contribution in [0.2, 0.25) is 0 Å². The van der Waals surface area contributed by atoms with Gasteiger partial charge in [0.1, 0.15) is 11.0 Å². The number of carbonyl (C=O) groups excluding carboxylic acids is 2. The van der Waals surface area contributed by atoms with E-state index < -0.39 is 28.3 Å². The van der Waals surface area contributed by atoms with Crippen LogP contribution in [0, 0.1) is 0 Å². The van der Waals surface area contributed by atoms with E-state index in [2.05, 4.69) is 14.1 Å². The number of fused-ring (bicyclic) bond motifs is 1. The van der Waals surface area contributed by atoms with Crippen molar-refractivity contribution in [1.29, 1.82) is 0 Å². The minimum atomic E-state index is -3.15. The molecule has 1 heterocycles. The normalized spacial score (nSPS) is 11.3. The van der Waals surface area contributed by atoms with Crippen molar-refractivity contribution < 1.29 is 22.7 Å². The molecule has 1 N–H and O–H groups in total. The van der Waals surface area contributed by atoms with Gasteiger partial charge < -0.3 is 10.1 Å². The summed E-state index contributed by atoms with van der Waals surface area (Å²) < 4.78 is 35.7. The van der Waals surface area contributed by atoms with Crippen LogP contribution in [0.1, 0.15) is 15.9 Å². The Morgan fingerprint density at radius 2 is 1.85 bits per heavy atom. The quantitative estimate of drug-likeness (QED) is 0.624. The molecule has 0 aliphatic heterocycles. The molecule has 2 aromatic carbocycles. The summed E-state index contributed by atoms with van der Waals surface area (Å²) in [6.07, 6.45) is 1.13.